The number of ether oxygens (including phenoxy) is 4. The zero-order valence-electron chi connectivity index (χ0n) is 23.2. The molecule has 0 saturated heterocycles. The molecule has 0 radical (unpaired) electrons. The molecule has 1 aliphatic heterocycles. The van der Waals surface area contributed by atoms with Crippen LogP contribution >= 0.6 is 11.3 Å². The molecule has 3 aromatic rings. The number of aromatic nitrogens is 1. The molecule has 1 aliphatic rings. The number of methoxy groups -OCH3 is 4. The fourth-order valence-corrected chi connectivity index (χ4v) is 5.81. The van der Waals surface area contributed by atoms with Gasteiger partial charge in [-0.1, -0.05) is 29.5 Å². The number of benzene rings is 2. The fourth-order valence-electron chi connectivity index (χ4n) is 4.77. The Morgan fingerprint density at radius 1 is 0.974 bits per heavy atom. The van der Waals surface area contributed by atoms with Gasteiger partial charge >= 0.3 is 0 Å². The number of carbonyl (C=O) groups excluding carboxylic acids is 1. The number of thiazole rings is 1. The van der Waals surface area contributed by atoms with Crippen molar-refractivity contribution in [3.8, 4) is 23.0 Å². The summed E-state index contributed by atoms with van der Waals surface area (Å²) in [5.74, 6) is 1.96. The van der Waals surface area contributed by atoms with Crippen LogP contribution in [0.25, 0.3) is 6.08 Å². The zero-order chi connectivity index (χ0) is 28.3. The third kappa shape index (κ3) is 5.04. The second-order valence-corrected chi connectivity index (χ2v) is 9.76. The quantitative estimate of drug-likeness (QED) is 0.406. The first kappa shape index (κ1) is 28.0. The monoisotopic (exact) mass is 551 g/mol. The van der Waals surface area contributed by atoms with E-state index >= 15 is 0 Å². The maximum absolute atomic E-state index is 14.1. The van der Waals surface area contributed by atoms with Gasteiger partial charge in [-0.2, -0.15) is 0 Å². The van der Waals surface area contributed by atoms with E-state index in [2.05, 4.69) is 0 Å². The standard InChI is InChI=1S/C29H33N3O6S/c1-8-31(9-2)28(34)25-17(3)30-29-32(26(25)19-12-10-11-13-20(19)35-4)27(33)24(39-29)15-18-14-22(37-6)23(38-7)16-21(18)36-5/h10-16,26H,8-9H2,1-7H3/b24-15+/t26-/m0/s1. The molecule has 0 N–H and O–H groups in total. The first-order valence-electron chi connectivity index (χ1n) is 12.6. The number of nitrogens with zero attached hydrogens (tertiary/aromatic N) is 3. The van der Waals surface area contributed by atoms with Crippen LogP contribution in [0.4, 0.5) is 0 Å². The maximum Gasteiger partial charge on any atom is 0.271 e. The Bertz CT molecular complexity index is 1600. The molecule has 9 nitrogen and oxygen atoms in total. The van der Waals surface area contributed by atoms with Gasteiger partial charge in [0.2, 0.25) is 0 Å². The van der Waals surface area contributed by atoms with Crippen molar-refractivity contribution in [3.63, 3.8) is 0 Å². The van der Waals surface area contributed by atoms with Gasteiger partial charge in [0.1, 0.15) is 17.5 Å². The van der Waals surface area contributed by atoms with Gasteiger partial charge in [0.25, 0.3) is 11.5 Å². The van der Waals surface area contributed by atoms with Gasteiger partial charge in [-0.25, -0.2) is 4.99 Å². The lowest BCUT2D eigenvalue weighted by Gasteiger charge is -2.29. The van der Waals surface area contributed by atoms with Gasteiger partial charge in [-0.05, 0) is 39.0 Å². The predicted molar refractivity (Wildman–Crippen MR) is 151 cm³/mol. The Balaban J connectivity index is 2.01. The zero-order valence-corrected chi connectivity index (χ0v) is 24.0. The van der Waals surface area contributed by atoms with Crippen molar-refractivity contribution in [2.45, 2.75) is 26.8 Å². The highest BCUT2D eigenvalue weighted by Gasteiger charge is 2.35. The number of para-hydroxylation sites is 1. The van der Waals surface area contributed by atoms with Gasteiger partial charge in [0.05, 0.1) is 44.2 Å². The van der Waals surface area contributed by atoms with Gasteiger partial charge in [0, 0.05) is 30.3 Å². The van der Waals surface area contributed by atoms with Crippen molar-refractivity contribution in [2.24, 2.45) is 4.99 Å². The van der Waals surface area contributed by atoms with Crippen molar-refractivity contribution in [1.82, 2.24) is 9.47 Å². The molecule has 0 bridgehead atoms. The summed E-state index contributed by atoms with van der Waals surface area (Å²) in [6, 6.07) is 10.2. The molecule has 1 atom stereocenters. The molecule has 2 heterocycles. The first-order valence-corrected chi connectivity index (χ1v) is 13.4. The van der Waals surface area contributed by atoms with Crippen LogP contribution in [-0.4, -0.2) is 56.9 Å². The lowest BCUT2D eigenvalue weighted by atomic mass is 9.94. The average molecular weight is 552 g/mol. The molecule has 10 heteroatoms. The molecule has 0 fully saturated rings. The summed E-state index contributed by atoms with van der Waals surface area (Å²) in [5, 5.41) is 0. The summed E-state index contributed by atoms with van der Waals surface area (Å²) in [4.78, 5) is 34.8. The number of likely N-dealkylation sites (N-methyl/N-ethyl adjacent to an activating group) is 1. The van der Waals surface area contributed by atoms with Crippen LogP contribution in [0.3, 0.4) is 0 Å². The van der Waals surface area contributed by atoms with Crippen LogP contribution in [0.2, 0.25) is 0 Å². The Hall–Kier alpha value is -4.05. The van der Waals surface area contributed by atoms with E-state index < -0.39 is 6.04 Å². The summed E-state index contributed by atoms with van der Waals surface area (Å²) in [6.07, 6.45) is 1.75. The van der Waals surface area contributed by atoms with Crippen molar-refractivity contribution >= 4 is 23.3 Å². The number of carbonyl (C=O) groups is 1. The highest BCUT2D eigenvalue weighted by Crippen LogP contribution is 2.37. The van der Waals surface area contributed by atoms with Crippen molar-refractivity contribution in [1.29, 1.82) is 0 Å². The van der Waals surface area contributed by atoms with Crippen LogP contribution in [0.15, 0.2) is 57.5 Å². The molecule has 0 spiro atoms. The SMILES string of the molecule is CCN(CC)C(=O)C1=C(C)N=c2s/c(=C/c3cc(OC)c(OC)cc3OC)c(=O)n2[C@H]1c1ccccc1OC. The number of allylic oxidation sites excluding steroid dienone is 1. The average Bonchev–Trinajstić information content (AvgIpc) is 3.26. The minimum absolute atomic E-state index is 0.159. The van der Waals surface area contributed by atoms with Gasteiger partial charge < -0.3 is 23.8 Å². The van der Waals surface area contributed by atoms with E-state index in [1.807, 2.05) is 45.0 Å². The second-order valence-electron chi connectivity index (χ2n) is 8.75. The normalized spacial score (nSPS) is 14.9. The molecular formula is C29H33N3O6S. The van der Waals surface area contributed by atoms with E-state index in [1.54, 1.807) is 56.1 Å². The Kier molecular flexibility index (Phi) is 8.44. The molecule has 1 amide bonds. The largest absolute Gasteiger partial charge is 0.496 e. The van der Waals surface area contributed by atoms with E-state index in [1.165, 1.54) is 11.3 Å². The number of rotatable bonds is 9. The van der Waals surface area contributed by atoms with Crippen molar-refractivity contribution < 1.29 is 23.7 Å². The van der Waals surface area contributed by atoms with Crippen LogP contribution in [0.1, 0.15) is 37.9 Å². The Morgan fingerprint density at radius 3 is 2.21 bits per heavy atom. The Morgan fingerprint density at radius 2 is 1.59 bits per heavy atom. The summed E-state index contributed by atoms with van der Waals surface area (Å²) in [5.41, 5.74) is 2.10. The molecule has 4 rings (SSSR count). The third-order valence-corrected chi connectivity index (χ3v) is 7.74. The van der Waals surface area contributed by atoms with Crippen LogP contribution in [-0.2, 0) is 4.79 Å². The van der Waals surface area contributed by atoms with E-state index in [0.29, 0.717) is 67.8 Å². The molecule has 2 aromatic carbocycles. The molecule has 39 heavy (non-hydrogen) atoms. The summed E-state index contributed by atoms with van der Waals surface area (Å²) >= 11 is 1.25. The third-order valence-electron chi connectivity index (χ3n) is 6.76. The maximum atomic E-state index is 14.1. The number of fused-ring (bicyclic) bond motifs is 1. The van der Waals surface area contributed by atoms with E-state index in [9.17, 15) is 9.59 Å². The first-order chi connectivity index (χ1) is 18.8. The van der Waals surface area contributed by atoms with Crippen LogP contribution < -0.4 is 33.8 Å². The molecule has 0 saturated carbocycles. The molecule has 0 unspecified atom stereocenters. The Labute approximate surface area is 231 Å². The molecule has 1 aromatic heterocycles. The fraction of sp³-hybridized carbons (Fsp3) is 0.345. The van der Waals surface area contributed by atoms with Gasteiger partial charge in [0.15, 0.2) is 16.3 Å². The van der Waals surface area contributed by atoms with E-state index in [0.717, 1.165) is 0 Å². The van der Waals surface area contributed by atoms with Crippen LogP contribution in [0, 0.1) is 0 Å². The lowest BCUT2D eigenvalue weighted by Crippen LogP contribution is -2.43. The van der Waals surface area contributed by atoms with E-state index in [-0.39, 0.29) is 11.5 Å². The van der Waals surface area contributed by atoms with Gasteiger partial charge in [-0.15, -0.1) is 0 Å². The highest BCUT2D eigenvalue weighted by atomic mass is 32.1. The number of hydrogen-bond acceptors (Lipinski definition) is 8. The van der Waals surface area contributed by atoms with E-state index in [4.69, 9.17) is 23.9 Å². The molecule has 206 valence electrons. The topological polar surface area (TPSA) is 91.6 Å². The van der Waals surface area contributed by atoms with Gasteiger partial charge in [-0.3, -0.25) is 14.2 Å². The minimum atomic E-state index is -0.708. The lowest BCUT2D eigenvalue weighted by molar-refractivity contribution is -0.127. The minimum Gasteiger partial charge on any atom is -0.496 e. The smallest absolute Gasteiger partial charge is 0.271 e. The van der Waals surface area contributed by atoms with Crippen LogP contribution in [0.5, 0.6) is 23.0 Å². The van der Waals surface area contributed by atoms with Crippen molar-refractivity contribution in [3.05, 3.63) is 78.5 Å². The molecular weight excluding hydrogens is 518 g/mol. The number of amides is 1. The summed E-state index contributed by atoms with van der Waals surface area (Å²) < 4.78 is 24.1. The molecule has 0 aliphatic carbocycles. The predicted octanol–water partition coefficient (Wildman–Crippen LogP) is 3.14. The summed E-state index contributed by atoms with van der Waals surface area (Å²) in [6.45, 7) is 6.75. The summed E-state index contributed by atoms with van der Waals surface area (Å²) in [7, 11) is 6.23. The number of hydrogen-bond donors (Lipinski definition) is 0. The van der Waals surface area contributed by atoms with Crippen molar-refractivity contribution in [2.75, 3.05) is 41.5 Å². The highest BCUT2D eigenvalue weighted by molar-refractivity contribution is 7.07. The second kappa shape index (κ2) is 11.8.